The third-order valence-corrected chi connectivity index (χ3v) is 5.56. The molecular formula is C15H20N2O2. The molecule has 0 radical (unpaired) electrons. The number of hydrogen-bond donors (Lipinski definition) is 1. The number of likely N-dealkylation sites (tertiary alicyclic amines) is 1. The number of carbonyl (C=O) groups is 2. The second kappa shape index (κ2) is 3.92. The van der Waals surface area contributed by atoms with Gasteiger partial charge >= 0.3 is 0 Å². The number of carbonyl (C=O) groups excluding carboxylic acids is 2. The van der Waals surface area contributed by atoms with Crippen molar-refractivity contribution in [1.29, 1.82) is 0 Å². The van der Waals surface area contributed by atoms with Gasteiger partial charge in [-0.25, -0.2) is 0 Å². The van der Waals surface area contributed by atoms with E-state index in [1.807, 2.05) is 0 Å². The Morgan fingerprint density at radius 1 is 1.16 bits per heavy atom. The Morgan fingerprint density at radius 3 is 2.37 bits per heavy atom. The third-order valence-electron chi connectivity index (χ3n) is 5.56. The van der Waals surface area contributed by atoms with Crippen LogP contribution >= 0.6 is 0 Å². The lowest BCUT2D eigenvalue weighted by molar-refractivity contribution is -0.144. The molecule has 1 N–H and O–H groups in total. The summed E-state index contributed by atoms with van der Waals surface area (Å²) < 4.78 is 0. The average Bonchev–Trinajstić information content (AvgIpc) is 3.06. The fraction of sp³-hybridized carbons (Fsp3) is 0.733. The van der Waals surface area contributed by atoms with Crippen molar-refractivity contribution in [3.05, 3.63) is 12.2 Å². The lowest BCUT2D eigenvalue weighted by atomic mass is 9.85. The van der Waals surface area contributed by atoms with E-state index in [0.29, 0.717) is 11.8 Å². The third kappa shape index (κ3) is 1.43. The Bertz CT molecular complexity index is 443. The summed E-state index contributed by atoms with van der Waals surface area (Å²) in [5.74, 6) is 0.764. The summed E-state index contributed by atoms with van der Waals surface area (Å²) in [6.45, 7) is 3.08. The minimum atomic E-state index is -0.0448. The van der Waals surface area contributed by atoms with Crippen molar-refractivity contribution in [2.24, 2.45) is 23.7 Å². The fourth-order valence-corrected chi connectivity index (χ4v) is 4.63. The summed E-state index contributed by atoms with van der Waals surface area (Å²) in [5.41, 5.74) is 0. The second-order valence-electron chi connectivity index (χ2n) is 6.50. The van der Waals surface area contributed by atoms with Crippen molar-refractivity contribution in [2.45, 2.75) is 38.3 Å². The highest BCUT2D eigenvalue weighted by atomic mass is 16.2. The molecule has 0 spiro atoms. The van der Waals surface area contributed by atoms with Crippen LogP contribution in [0, 0.1) is 23.7 Å². The molecule has 3 fully saturated rings. The number of nitrogens with one attached hydrogen (secondary N) is 1. The smallest absolute Gasteiger partial charge is 0.234 e. The molecule has 102 valence electrons. The number of imide groups is 1. The summed E-state index contributed by atoms with van der Waals surface area (Å²) >= 11 is 0. The van der Waals surface area contributed by atoms with E-state index in [1.54, 1.807) is 4.90 Å². The highest BCUT2D eigenvalue weighted by Gasteiger charge is 2.60. The van der Waals surface area contributed by atoms with Crippen LogP contribution in [0.5, 0.6) is 0 Å². The molecule has 2 aliphatic heterocycles. The molecule has 4 rings (SSSR count). The van der Waals surface area contributed by atoms with Crippen molar-refractivity contribution in [3.63, 3.8) is 0 Å². The van der Waals surface area contributed by atoms with E-state index in [1.165, 1.54) is 0 Å². The summed E-state index contributed by atoms with van der Waals surface area (Å²) in [4.78, 5) is 27.0. The van der Waals surface area contributed by atoms with Crippen molar-refractivity contribution >= 4 is 11.8 Å². The molecule has 4 heteroatoms. The number of fused-ring (bicyclic) bond motifs is 5. The topological polar surface area (TPSA) is 49.4 Å². The van der Waals surface area contributed by atoms with Gasteiger partial charge in [-0.3, -0.25) is 14.5 Å². The Kier molecular flexibility index (Phi) is 2.40. The van der Waals surface area contributed by atoms with Gasteiger partial charge in [0, 0.05) is 6.04 Å². The number of nitrogens with zero attached hydrogens (tertiary/aromatic N) is 1. The fourth-order valence-electron chi connectivity index (χ4n) is 4.63. The molecule has 2 heterocycles. The molecule has 6 atom stereocenters. The zero-order valence-corrected chi connectivity index (χ0v) is 11.2. The van der Waals surface area contributed by atoms with Crippen molar-refractivity contribution in [1.82, 2.24) is 10.2 Å². The molecule has 2 saturated heterocycles. The van der Waals surface area contributed by atoms with E-state index < -0.39 is 0 Å². The largest absolute Gasteiger partial charge is 0.312 e. The van der Waals surface area contributed by atoms with Gasteiger partial charge in [0.1, 0.15) is 0 Å². The molecule has 19 heavy (non-hydrogen) atoms. The number of piperidine rings is 1. The monoisotopic (exact) mass is 260 g/mol. The van der Waals surface area contributed by atoms with E-state index in [9.17, 15) is 9.59 Å². The molecule has 2 aliphatic carbocycles. The highest BCUT2D eigenvalue weighted by molar-refractivity contribution is 6.06. The maximum Gasteiger partial charge on any atom is 0.234 e. The van der Waals surface area contributed by atoms with Gasteiger partial charge in [0.25, 0.3) is 0 Å². The zero-order chi connectivity index (χ0) is 13.1. The summed E-state index contributed by atoms with van der Waals surface area (Å²) in [7, 11) is 0. The molecular weight excluding hydrogens is 240 g/mol. The lowest BCUT2D eigenvalue weighted by Gasteiger charge is -2.36. The van der Waals surface area contributed by atoms with Gasteiger partial charge in [-0.15, -0.1) is 0 Å². The number of rotatable bonds is 1. The first-order valence-electron chi connectivity index (χ1n) is 7.47. The first kappa shape index (κ1) is 11.6. The quantitative estimate of drug-likeness (QED) is 0.564. The lowest BCUT2D eigenvalue weighted by Crippen LogP contribution is -2.54. The molecule has 4 nitrogen and oxygen atoms in total. The minimum Gasteiger partial charge on any atom is -0.312 e. The molecule has 0 aromatic carbocycles. The van der Waals surface area contributed by atoms with Crippen LogP contribution in [-0.2, 0) is 9.59 Å². The van der Waals surface area contributed by atoms with E-state index in [4.69, 9.17) is 0 Å². The molecule has 0 aromatic rings. The summed E-state index contributed by atoms with van der Waals surface area (Å²) in [6.07, 6.45) is 7.33. The Hall–Kier alpha value is -1.16. The van der Waals surface area contributed by atoms with Crippen molar-refractivity contribution in [3.8, 4) is 0 Å². The number of allylic oxidation sites excluding steroid dienone is 2. The van der Waals surface area contributed by atoms with Gasteiger partial charge in [-0.05, 0) is 44.6 Å². The molecule has 2 bridgehead atoms. The molecule has 6 unspecified atom stereocenters. The molecule has 4 aliphatic rings. The maximum atomic E-state index is 12.7. The Morgan fingerprint density at radius 2 is 1.79 bits per heavy atom. The van der Waals surface area contributed by atoms with Gasteiger partial charge in [0.15, 0.2) is 0 Å². The predicted octanol–water partition coefficient (Wildman–Crippen LogP) is 0.934. The Balaban J connectivity index is 1.65. The summed E-state index contributed by atoms with van der Waals surface area (Å²) in [5, 5.41) is 3.39. The van der Waals surface area contributed by atoms with E-state index in [-0.39, 0.29) is 35.7 Å². The van der Waals surface area contributed by atoms with Gasteiger partial charge in [0.2, 0.25) is 11.8 Å². The van der Waals surface area contributed by atoms with Crippen LogP contribution in [-0.4, -0.2) is 35.3 Å². The molecule has 0 aromatic heterocycles. The first-order valence-corrected chi connectivity index (χ1v) is 7.47. The first-order chi connectivity index (χ1) is 9.18. The predicted molar refractivity (Wildman–Crippen MR) is 70.1 cm³/mol. The van der Waals surface area contributed by atoms with Gasteiger partial charge in [-0.2, -0.15) is 0 Å². The SMILES string of the molecule is CC1NCCCC1N1C(=O)C2C3C=CC(C3)C2C1=O. The van der Waals surface area contributed by atoms with E-state index in [2.05, 4.69) is 24.4 Å². The van der Waals surface area contributed by atoms with E-state index >= 15 is 0 Å². The van der Waals surface area contributed by atoms with Crippen LogP contribution in [0.3, 0.4) is 0 Å². The maximum absolute atomic E-state index is 12.7. The van der Waals surface area contributed by atoms with Crippen LogP contribution in [0.1, 0.15) is 26.2 Å². The molecule has 2 amide bonds. The standard InChI is InChI=1S/C15H20N2O2/c1-8-11(3-2-6-16-8)17-14(18)12-9-4-5-10(7-9)13(12)15(17)19/h4-5,8-13,16H,2-3,6-7H2,1H3. The normalized spacial score (nSPS) is 48.2. The van der Waals surface area contributed by atoms with Crippen LogP contribution in [0.2, 0.25) is 0 Å². The van der Waals surface area contributed by atoms with Crippen molar-refractivity contribution in [2.75, 3.05) is 6.54 Å². The van der Waals surface area contributed by atoms with Gasteiger partial charge in [-0.1, -0.05) is 12.2 Å². The van der Waals surface area contributed by atoms with E-state index in [0.717, 1.165) is 25.8 Å². The second-order valence-corrected chi connectivity index (χ2v) is 6.50. The number of amides is 2. The zero-order valence-electron chi connectivity index (χ0n) is 11.2. The minimum absolute atomic E-state index is 0.0448. The molecule has 1 saturated carbocycles. The van der Waals surface area contributed by atoms with Crippen LogP contribution in [0.4, 0.5) is 0 Å². The van der Waals surface area contributed by atoms with Crippen LogP contribution in [0.25, 0.3) is 0 Å². The Labute approximate surface area is 113 Å². The summed E-state index contributed by atoms with van der Waals surface area (Å²) in [6, 6.07) is 0.296. The number of hydrogen-bond acceptors (Lipinski definition) is 3. The van der Waals surface area contributed by atoms with Crippen LogP contribution in [0.15, 0.2) is 12.2 Å². The van der Waals surface area contributed by atoms with Gasteiger partial charge in [0.05, 0.1) is 17.9 Å². The van der Waals surface area contributed by atoms with Gasteiger partial charge < -0.3 is 5.32 Å². The van der Waals surface area contributed by atoms with Crippen LogP contribution < -0.4 is 5.32 Å². The highest BCUT2D eigenvalue weighted by Crippen LogP contribution is 2.53. The average molecular weight is 260 g/mol. The van der Waals surface area contributed by atoms with Crippen molar-refractivity contribution < 1.29 is 9.59 Å².